The van der Waals surface area contributed by atoms with Gasteiger partial charge in [0.2, 0.25) is 5.91 Å². The van der Waals surface area contributed by atoms with E-state index in [0.29, 0.717) is 12.0 Å². The summed E-state index contributed by atoms with van der Waals surface area (Å²) in [7, 11) is 0. The van der Waals surface area contributed by atoms with Crippen LogP contribution in [-0.4, -0.2) is 12.2 Å². The summed E-state index contributed by atoms with van der Waals surface area (Å²) in [6, 6.07) is 0. The Balaban J connectivity index is 4.57. The highest BCUT2D eigenvalue weighted by Crippen LogP contribution is 2.21. The molecule has 0 atom stereocenters. The van der Waals surface area contributed by atoms with Gasteiger partial charge in [-0.1, -0.05) is 20.8 Å². The molecule has 0 aliphatic carbocycles. The summed E-state index contributed by atoms with van der Waals surface area (Å²) in [5.41, 5.74) is 0.442. The molecule has 0 aromatic rings. The van der Waals surface area contributed by atoms with Crippen LogP contribution in [0.3, 0.4) is 0 Å². The van der Waals surface area contributed by atoms with Gasteiger partial charge in [0.25, 0.3) is 0 Å². The molecule has 0 saturated heterocycles. The average Bonchev–Trinajstić information content (AvgIpc) is 1.83. The Morgan fingerprint density at radius 2 is 1.83 bits per heavy atom. The lowest BCUT2D eigenvalue weighted by Crippen LogP contribution is -2.28. The van der Waals surface area contributed by atoms with E-state index in [1.165, 1.54) is 13.0 Å². The van der Waals surface area contributed by atoms with Gasteiger partial charge < -0.3 is 5.32 Å². The van der Waals surface area contributed by atoms with E-state index in [2.05, 4.69) is 5.32 Å². The zero-order chi connectivity index (χ0) is 9.78. The Morgan fingerprint density at radius 3 is 2.08 bits per heavy atom. The fraction of sp³-hybridized carbons (Fsp3) is 0.556. The first-order valence-corrected chi connectivity index (χ1v) is 3.81. The summed E-state index contributed by atoms with van der Waals surface area (Å²) in [5.74, 6) is -0.155. The highest BCUT2D eigenvalue weighted by molar-refractivity contribution is 5.77. The van der Waals surface area contributed by atoms with Crippen LogP contribution in [0.5, 0.6) is 0 Å². The largest absolute Gasteiger partial charge is 0.329 e. The van der Waals surface area contributed by atoms with Crippen molar-refractivity contribution in [2.45, 2.75) is 27.7 Å². The van der Waals surface area contributed by atoms with E-state index in [4.69, 9.17) is 0 Å². The Hall–Kier alpha value is -1.12. The topological polar surface area (TPSA) is 46.2 Å². The minimum Gasteiger partial charge on any atom is -0.329 e. The Morgan fingerprint density at radius 1 is 1.33 bits per heavy atom. The molecule has 0 spiro atoms. The first kappa shape index (κ1) is 10.9. The van der Waals surface area contributed by atoms with Gasteiger partial charge in [0.15, 0.2) is 0 Å². The molecular weight excluding hydrogens is 154 g/mol. The number of hydrogen-bond donors (Lipinski definition) is 1. The van der Waals surface area contributed by atoms with Crippen LogP contribution in [0.4, 0.5) is 0 Å². The van der Waals surface area contributed by atoms with Crippen LogP contribution < -0.4 is 5.32 Å². The molecule has 0 aromatic carbocycles. The van der Waals surface area contributed by atoms with Crippen molar-refractivity contribution in [3.63, 3.8) is 0 Å². The lowest BCUT2D eigenvalue weighted by atomic mass is 9.91. The van der Waals surface area contributed by atoms with Gasteiger partial charge in [0.05, 0.1) is 0 Å². The van der Waals surface area contributed by atoms with E-state index in [1.807, 2.05) is 20.8 Å². The Kier molecular flexibility index (Phi) is 3.67. The lowest BCUT2D eigenvalue weighted by molar-refractivity contribution is -0.118. The zero-order valence-electron chi connectivity index (χ0n) is 7.97. The van der Waals surface area contributed by atoms with Crippen molar-refractivity contribution in [3.05, 3.63) is 11.8 Å². The van der Waals surface area contributed by atoms with Gasteiger partial charge in [0, 0.05) is 18.0 Å². The van der Waals surface area contributed by atoms with Crippen molar-refractivity contribution in [1.82, 2.24) is 5.32 Å². The lowest BCUT2D eigenvalue weighted by Gasteiger charge is -2.22. The Bertz CT molecular complexity index is 211. The minimum atomic E-state index is -0.202. The van der Waals surface area contributed by atoms with Crippen LogP contribution in [0.15, 0.2) is 11.8 Å². The van der Waals surface area contributed by atoms with Crippen LogP contribution in [0, 0.1) is 5.41 Å². The SMILES string of the molecule is CC(=O)N/C(=C\C=O)C(C)(C)C. The fourth-order valence-electron chi connectivity index (χ4n) is 0.737. The average molecular weight is 169 g/mol. The number of allylic oxidation sites excluding steroid dienone is 2. The third kappa shape index (κ3) is 3.91. The van der Waals surface area contributed by atoms with Crippen molar-refractivity contribution in [1.29, 1.82) is 0 Å². The molecule has 0 aliphatic rings. The standard InChI is InChI=1S/C9H15NO2/c1-7(12)10-8(5-6-11)9(2,3)4/h5-6H,1-4H3,(H,10,12)/b8-5-. The maximum atomic E-state index is 10.7. The van der Waals surface area contributed by atoms with Crippen molar-refractivity contribution < 1.29 is 9.59 Å². The summed E-state index contributed by atoms with van der Waals surface area (Å²) >= 11 is 0. The van der Waals surface area contributed by atoms with Crippen LogP contribution in [0.1, 0.15) is 27.7 Å². The number of carbonyl (C=O) groups excluding carboxylic acids is 2. The van der Waals surface area contributed by atoms with Gasteiger partial charge in [-0.3, -0.25) is 9.59 Å². The van der Waals surface area contributed by atoms with E-state index in [9.17, 15) is 9.59 Å². The summed E-state index contributed by atoms with van der Waals surface area (Å²) in [4.78, 5) is 20.9. The molecule has 0 aromatic heterocycles. The van der Waals surface area contributed by atoms with Crippen molar-refractivity contribution in [3.8, 4) is 0 Å². The van der Waals surface area contributed by atoms with Crippen molar-refractivity contribution in [2.75, 3.05) is 0 Å². The summed E-state index contributed by atoms with van der Waals surface area (Å²) in [5, 5.41) is 2.61. The molecule has 0 heterocycles. The third-order valence-corrected chi connectivity index (χ3v) is 1.35. The van der Waals surface area contributed by atoms with E-state index >= 15 is 0 Å². The predicted octanol–water partition coefficient (Wildman–Crippen LogP) is 1.25. The molecule has 3 heteroatoms. The van der Waals surface area contributed by atoms with E-state index in [-0.39, 0.29) is 11.3 Å². The number of aldehydes is 1. The van der Waals surface area contributed by atoms with Gasteiger partial charge in [-0.15, -0.1) is 0 Å². The maximum absolute atomic E-state index is 10.7. The first-order chi connectivity index (χ1) is 5.38. The number of hydrogen-bond acceptors (Lipinski definition) is 2. The molecule has 0 aliphatic heterocycles. The molecule has 0 bridgehead atoms. The molecule has 1 N–H and O–H groups in total. The molecule has 12 heavy (non-hydrogen) atoms. The molecule has 0 saturated carbocycles. The molecule has 0 rings (SSSR count). The second kappa shape index (κ2) is 4.04. The molecule has 68 valence electrons. The van der Waals surface area contributed by atoms with E-state index in [1.54, 1.807) is 0 Å². The number of rotatable bonds is 2. The summed E-state index contributed by atoms with van der Waals surface area (Å²) in [6.45, 7) is 7.21. The maximum Gasteiger partial charge on any atom is 0.221 e. The third-order valence-electron chi connectivity index (χ3n) is 1.35. The number of nitrogens with one attached hydrogen (secondary N) is 1. The smallest absolute Gasteiger partial charge is 0.221 e. The summed E-state index contributed by atoms with van der Waals surface area (Å²) in [6.07, 6.45) is 2.05. The van der Waals surface area contributed by atoms with Gasteiger partial charge in [0.1, 0.15) is 6.29 Å². The Labute approximate surface area is 72.8 Å². The molecule has 3 nitrogen and oxygen atoms in total. The van der Waals surface area contributed by atoms with Crippen LogP contribution in [-0.2, 0) is 9.59 Å². The van der Waals surface area contributed by atoms with E-state index in [0.717, 1.165) is 0 Å². The monoisotopic (exact) mass is 169 g/mol. The molecule has 0 unspecified atom stereocenters. The highest BCUT2D eigenvalue weighted by Gasteiger charge is 2.17. The van der Waals surface area contributed by atoms with Crippen molar-refractivity contribution in [2.24, 2.45) is 5.41 Å². The zero-order valence-corrected chi connectivity index (χ0v) is 7.97. The normalized spacial score (nSPS) is 12.5. The molecule has 1 amide bonds. The van der Waals surface area contributed by atoms with Gasteiger partial charge in [-0.05, 0) is 6.08 Å². The highest BCUT2D eigenvalue weighted by atomic mass is 16.1. The predicted molar refractivity (Wildman–Crippen MR) is 47.4 cm³/mol. The number of amides is 1. The van der Waals surface area contributed by atoms with Crippen LogP contribution >= 0.6 is 0 Å². The summed E-state index contributed by atoms with van der Waals surface area (Å²) < 4.78 is 0. The fourth-order valence-corrected chi connectivity index (χ4v) is 0.737. The van der Waals surface area contributed by atoms with Crippen LogP contribution in [0.2, 0.25) is 0 Å². The molecule has 0 radical (unpaired) electrons. The van der Waals surface area contributed by atoms with Gasteiger partial charge in [-0.2, -0.15) is 0 Å². The van der Waals surface area contributed by atoms with E-state index < -0.39 is 0 Å². The number of carbonyl (C=O) groups is 2. The second-order valence-corrected chi connectivity index (χ2v) is 3.65. The first-order valence-electron chi connectivity index (χ1n) is 3.81. The van der Waals surface area contributed by atoms with Gasteiger partial charge in [-0.25, -0.2) is 0 Å². The molecule has 0 fully saturated rings. The minimum absolute atomic E-state index is 0.155. The van der Waals surface area contributed by atoms with Crippen molar-refractivity contribution >= 4 is 12.2 Å². The van der Waals surface area contributed by atoms with Crippen LogP contribution in [0.25, 0.3) is 0 Å². The second-order valence-electron chi connectivity index (χ2n) is 3.65. The van der Waals surface area contributed by atoms with Gasteiger partial charge >= 0.3 is 0 Å². The molecular formula is C9H15NO2. The quantitative estimate of drug-likeness (QED) is 0.499.